The lowest BCUT2D eigenvalue weighted by Gasteiger charge is -2.18. The predicted molar refractivity (Wildman–Crippen MR) is 90.3 cm³/mol. The molecule has 1 aliphatic heterocycles. The molecule has 0 aromatic carbocycles. The van der Waals surface area contributed by atoms with Gasteiger partial charge in [0.25, 0.3) is 0 Å². The van der Waals surface area contributed by atoms with Gasteiger partial charge in [0.15, 0.2) is 0 Å². The number of aliphatic hydroxyl groups is 1. The molecule has 1 aliphatic rings. The average molecular weight is 377 g/mol. The van der Waals surface area contributed by atoms with E-state index in [9.17, 15) is 13.5 Å². The van der Waals surface area contributed by atoms with E-state index in [0.717, 1.165) is 5.69 Å². The summed E-state index contributed by atoms with van der Waals surface area (Å²) in [5.41, 5.74) is 1.85. The highest BCUT2D eigenvalue weighted by Gasteiger charge is 2.29. The number of fused-ring (bicyclic) bond motifs is 1. The number of aromatic nitrogens is 6. The van der Waals surface area contributed by atoms with Crippen LogP contribution in [0.25, 0.3) is 0 Å². The van der Waals surface area contributed by atoms with Crippen molar-refractivity contribution in [3.63, 3.8) is 0 Å². The van der Waals surface area contributed by atoms with Crippen LogP contribution in [0.2, 0.25) is 0 Å². The lowest BCUT2D eigenvalue weighted by atomic mass is 10.2. The first kappa shape index (κ1) is 16.9. The van der Waals surface area contributed by atoms with Crippen molar-refractivity contribution in [2.45, 2.75) is 30.5 Å². The summed E-state index contributed by atoms with van der Waals surface area (Å²) < 4.78 is 30.3. The minimum atomic E-state index is -3.62. The summed E-state index contributed by atoms with van der Waals surface area (Å²) in [5, 5.41) is 25.4. The Morgan fingerprint density at radius 3 is 2.88 bits per heavy atom. The van der Waals surface area contributed by atoms with Gasteiger partial charge in [-0.3, -0.25) is 14.5 Å². The molecule has 1 atom stereocenters. The smallest absolute Gasteiger partial charge is 0.246 e. The molecule has 0 radical (unpaired) electrons. The summed E-state index contributed by atoms with van der Waals surface area (Å²) in [6, 6.07) is 3.48. The number of aliphatic hydroxyl groups excluding tert-OH is 1. The third-order valence-corrected chi connectivity index (χ3v) is 6.34. The van der Waals surface area contributed by atoms with Crippen molar-refractivity contribution in [2.24, 2.45) is 7.05 Å². The van der Waals surface area contributed by atoms with Gasteiger partial charge in [-0.2, -0.15) is 19.6 Å². The molecule has 138 valence electrons. The molecule has 3 aromatic rings. The van der Waals surface area contributed by atoms with E-state index in [1.807, 2.05) is 0 Å². The molecule has 0 saturated carbocycles. The van der Waals surface area contributed by atoms with Crippen molar-refractivity contribution in [1.82, 2.24) is 34.1 Å². The van der Waals surface area contributed by atoms with E-state index in [1.54, 1.807) is 34.7 Å². The number of sulfonamides is 1. The highest BCUT2D eigenvalue weighted by molar-refractivity contribution is 7.89. The first-order chi connectivity index (χ1) is 12.5. The van der Waals surface area contributed by atoms with Crippen LogP contribution in [-0.4, -0.2) is 54.1 Å². The molecule has 4 heterocycles. The van der Waals surface area contributed by atoms with Gasteiger partial charge in [0.05, 0.1) is 29.8 Å². The number of nitrogens with zero attached hydrogens (tertiary/aromatic N) is 6. The molecule has 0 spiro atoms. The first-order valence-electron chi connectivity index (χ1n) is 8.18. The molecule has 0 fully saturated rings. The van der Waals surface area contributed by atoms with Crippen LogP contribution in [-0.2, 0) is 30.2 Å². The molecular weight excluding hydrogens is 358 g/mol. The monoisotopic (exact) mass is 377 g/mol. The Balaban J connectivity index is 1.63. The Bertz CT molecular complexity index is 1010. The molecule has 3 aromatic heterocycles. The quantitative estimate of drug-likeness (QED) is 0.661. The van der Waals surface area contributed by atoms with Crippen LogP contribution in [0.3, 0.4) is 0 Å². The van der Waals surface area contributed by atoms with E-state index in [0.29, 0.717) is 30.9 Å². The number of rotatable bonds is 4. The lowest BCUT2D eigenvalue weighted by molar-refractivity contribution is 0.203. The number of aromatic amines is 1. The summed E-state index contributed by atoms with van der Waals surface area (Å²) in [4.78, 5) is 0.139. The van der Waals surface area contributed by atoms with Crippen molar-refractivity contribution in [1.29, 1.82) is 0 Å². The van der Waals surface area contributed by atoms with Crippen LogP contribution in [0.1, 0.15) is 29.6 Å². The van der Waals surface area contributed by atoms with Gasteiger partial charge < -0.3 is 5.11 Å². The highest BCUT2D eigenvalue weighted by atomic mass is 32.2. The second-order valence-electron chi connectivity index (χ2n) is 6.19. The number of nitrogens with one attached hydrogen (secondary N) is 1. The number of H-pyrrole nitrogens is 1. The minimum absolute atomic E-state index is 0.139. The second-order valence-corrected chi connectivity index (χ2v) is 8.13. The second kappa shape index (κ2) is 6.34. The average Bonchev–Trinajstić information content (AvgIpc) is 3.33. The van der Waals surface area contributed by atoms with Gasteiger partial charge in [0.2, 0.25) is 10.0 Å². The van der Waals surface area contributed by atoms with Gasteiger partial charge in [0, 0.05) is 32.5 Å². The molecule has 0 amide bonds. The van der Waals surface area contributed by atoms with Gasteiger partial charge in [-0.25, -0.2) is 8.42 Å². The van der Waals surface area contributed by atoms with Crippen LogP contribution in [0.5, 0.6) is 0 Å². The van der Waals surface area contributed by atoms with Crippen LogP contribution in [0.4, 0.5) is 0 Å². The van der Waals surface area contributed by atoms with Crippen molar-refractivity contribution < 1.29 is 13.5 Å². The molecule has 0 saturated heterocycles. The Morgan fingerprint density at radius 2 is 2.19 bits per heavy atom. The third kappa shape index (κ3) is 2.83. The summed E-state index contributed by atoms with van der Waals surface area (Å²) in [6.07, 6.45) is 4.00. The SMILES string of the molecule is Cn1nccc1[C@@H](O)c1cc2n(n1)CCCN(S(=O)(=O)c1cn[nH]c1)C2. The maximum atomic E-state index is 12.8. The van der Waals surface area contributed by atoms with E-state index >= 15 is 0 Å². The van der Waals surface area contributed by atoms with Crippen molar-refractivity contribution in [2.75, 3.05) is 6.54 Å². The molecule has 4 rings (SSSR count). The zero-order valence-corrected chi connectivity index (χ0v) is 15.0. The maximum absolute atomic E-state index is 12.8. The molecule has 2 N–H and O–H groups in total. The van der Waals surface area contributed by atoms with Crippen LogP contribution < -0.4 is 0 Å². The maximum Gasteiger partial charge on any atom is 0.246 e. The van der Waals surface area contributed by atoms with Gasteiger partial charge in [-0.1, -0.05) is 0 Å². The van der Waals surface area contributed by atoms with Gasteiger partial charge in [0.1, 0.15) is 11.0 Å². The van der Waals surface area contributed by atoms with Crippen LogP contribution >= 0.6 is 0 Å². The van der Waals surface area contributed by atoms with Crippen molar-refractivity contribution in [3.8, 4) is 0 Å². The van der Waals surface area contributed by atoms with E-state index in [4.69, 9.17) is 0 Å². The first-order valence-corrected chi connectivity index (χ1v) is 9.62. The van der Waals surface area contributed by atoms with E-state index in [-0.39, 0.29) is 11.4 Å². The summed E-state index contributed by atoms with van der Waals surface area (Å²) in [7, 11) is -1.87. The van der Waals surface area contributed by atoms with Gasteiger partial charge in [-0.05, 0) is 18.6 Å². The van der Waals surface area contributed by atoms with Gasteiger partial charge >= 0.3 is 0 Å². The van der Waals surface area contributed by atoms with Crippen LogP contribution in [0, 0.1) is 0 Å². The fourth-order valence-electron chi connectivity index (χ4n) is 3.13. The topological polar surface area (TPSA) is 122 Å². The zero-order chi connectivity index (χ0) is 18.3. The molecule has 0 bridgehead atoms. The Morgan fingerprint density at radius 1 is 1.35 bits per heavy atom. The van der Waals surface area contributed by atoms with E-state index < -0.39 is 16.1 Å². The molecule has 0 aliphatic carbocycles. The highest BCUT2D eigenvalue weighted by Crippen LogP contribution is 2.25. The Kier molecular flexibility index (Phi) is 4.13. The lowest BCUT2D eigenvalue weighted by Crippen LogP contribution is -2.30. The van der Waals surface area contributed by atoms with Crippen LogP contribution in [0.15, 0.2) is 35.6 Å². The molecule has 11 heteroatoms. The van der Waals surface area contributed by atoms with Gasteiger partial charge in [-0.15, -0.1) is 0 Å². The summed E-state index contributed by atoms with van der Waals surface area (Å²) in [5.74, 6) is 0. The molecule has 0 unspecified atom stereocenters. The molecular formula is C15H19N7O3S. The Hall–Kier alpha value is -2.50. The predicted octanol–water partition coefficient (Wildman–Crippen LogP) is 0.0160. The summed E-state index contributed by atoms with van der Waals surface area (Å²) in [6.45, 7) is 1.18. The van der Waals surface area contributed by atoms with E-state index in [2.05, 4.69) is 20.4 Å². The number of aryl methyl sites for hydroxylation is 2. The van der Waals surface area contributed by atoms with Crippen molar-refractivity contribution >= 4 is 10.0 Å². The minimum Gasteiger partial charge on any atom is -0.380 e. The zero-order valence-electron chi connectivity index (χ0n) is 14.1. The standard InChI is InChI=1S/C15H19N7O3S/c1-20-14(3-4-18-20)15(23)13-7-11-10-21(5-2-6-22(11)19-13)26(24,25)12-8-16-17-9-12/h3-4,7-9,15,23H,2,5-6,10H2,1H3,(H,16,17)/t15-/m0/s1. The number of hydrogen-bond acceptors (Lipinski definition) is 6. The molecule has 10 nitrogen and oxygen atoms in total. The fraction of sp³-hybridized carbons (Fsp3) is 0.400. The number of hydrogen-bond donors (Lipinski definition) is 2. The fourth-order valence-corrected chi connectivity index (χ4v) is 4.48. The summed E-state index contributed by atoms with van der Waals surface area (Å²) >= 11 is 0. The normalized spacial score (nSPS) is 17.0. The Labute approximate surface area is 150 Å². The molecule has 26 heavy (non-hydrogen) atoms. The van der Waals surface area contributed by atoms with Crippen molar-refractivity contribution in [3.05, 3.63) is 47.8 Å². The largest absolute Gasteiger partial charge is 0.380 e. The third-order valence-electron chi connectivity index (χ3n) is 4.53. The van der Waals surface area contributed by atoms with E-state index in [1.165, 1.54) is 16.7 Å².